The molecule has 82 valence electrons. The van der Waals surface area contributed by atoms with Gasteiger partial charge in [-0.05, 0) is 18.2 Å². The predicted molar refractivity (Wildman–Crippen MR) is 65.4 cm³/mol. The monoisotopic (exact) mass is 291 g/mol. The number of aromatic nitrogens is 3. The molecule has 2 aromatic rings. The number of rotatable bonds is 2. The zero-order valence-corrected chi connectivity index (χ0v) is 10.8. The minimum absolute atomic E-state index is 0.274. The van der Waals surface area contributed by atoms with E-state index in [1.807, 2.05) is 0 Å². The molecular formula is C9H4Cl3N3S. The molecule has 0 atom stereocenters. The minimum atomic E-state index is 0.274. The first-order chi connectivity index (χ1) is 7.66. The van der Waals surface area contributed by atoms with Crippen LogP contribution >= 0.6 is 46.6 Å². The first kappa shape index (κ1) is 11.9. The molecule has 16 heavy (non-hydrogen) atoms. The fourth-order valence-electron chi connectivity index (χ4n) is 0.960. The first-order valence-electron chi connectivity index (χ1n) is 4.14. The highest BCUT2D eigenvalue weighted by molar-refractivity contribution is 7.99. The van der Waals surface area contributed by atoms with Crippen molar-refractivity contribution in [3.05, 3.63) is 39.7 Å². The Kier molecular flexibility index (Phi) is 3.86. The maximum Gasteiger partial charge on any atom is 0.165 e. The standard InChI is InChI=1S/C9H4Cl3N3S/c10-5-2-1-3-13-9(5)16-6-4-7(11)14-15-8(6)12/h1-4H. The van der Waals surface area contributed by atoms with Gasteiger partial charge in [-0.15, -0.1) is 10.2 Å². The molecule has 2 rings (SSSR count). The Hall–Kier alpha value is -0.550. The van der Waals surface area contributed by atoms with Crippen molar-refractivity contribution in [2.75, 3.05) is 0 Å². The van der Waals surface area contributed by atoms with E-state index in [1.165, 1.54) is 11.8 Å². The van der Waals surface area contributed by atoms with E-state index < -0.39 is 0 Å². The summed E-state index contributed by atoms with van der Waals surface area (Å²) in [6.07, 6.45) is 1.65. The van der Waals surface area contributed by atoms with E-state index in [0.717, 1.165) is 0 Å². The quantitative estimate of drug-likeness (QED) is 0.839. The molecule has 3 nitrogen and oxygen atoms in total. The first-order valence-corrected chi connectivity index (χ1v) is 6.09. The fourth-order valence-corrected chi connectivity index (χ4v) is 2.40. The van der Waals surface area contributed by atoms with Crippen LogP contribution in [-0.2, 0) is 0 Å². The summed E-state index contributed by atoms with van der Waals surface area (Å²) in [4.78, 5) is 4.79. The van der Waals surface area contributed by atoms with Crippen molar-refractivity contribution >= 4 is 46.6 Å². The molecule has 0 bridgehead atoms. The smallest absolute Gasteiger partial charge is 0.165 e. The highest BCUT2D eigenvalue weighted by atomic mass is 35.5. The minimum Gasteiger partial charge on any atom is -0.248 e. The maximum atomic E-state index is 5.97. The van der Waals surface area contributed by atoms with Crippen LogP contribution in [0.2, 0.25) is 15.3 Å². The third-order valence-electron chi connectivity index (χ3n) is 1.62. The Balaban J connectivity index is 2.34. The summed E-state index contributed by atoms with van der Waals surface area (Å²) < 4.78 is 0. The lowest BCUT2D eigenvalue weighted by Crippen LogP contribution is -1.87. The number of hydrogen-bond acceptors (Lipinski definition) is 4. The summed E-state index contributed by atoms with van der Waals surface area (Å²) in [6, 6.07) is 5.12. The average molecular weight is 293 g/mol. The molecule has 0 aromatic carbocycles. The Morgan fingerprint density at radius 3 is 2.69 bits per heavy atom. The van der Waals surface area contributed by atoms with Gasteiger partial charge in [0.1, 0.15) is 5.03 Å². The van der Waals surface area contributed by atoms with Crippen molar-refractivity contribution in [2.24, 2.45) is 0 Å². The van der Waals surface area contributed by atoms with Gasteiger partial charge in [0.15, 0.2) is 10.3 Å². The van der Waals surface area contributed by atoms with Gasteiger partial charge in [0.2, 0.25) is 0 Å². The van der Waals surface area contributed by atoms with Crippen LogP contribution in [-0.4, -0.2) is 15.2 Å². The molecule has 0 saturated heterocycles. The third-order valence-corrected chi connectivity index (χ3v) is 3.66. The zero-order valence-electron chi connectivity index (χ0n) is 7.69. The Morgan fingerprint density at radius 2 is 1.94 bits per heavy atom. The molecule has 0 spiro atoms. The van der Waals surface area contributed by atoms with Gasteiger partial charge >= 0.3 is 0 Å². The molecule has 7 heteroatoms. The van der Waals surface area contributed by atoms with Crippen LogP contribution in [0, 0.1) is 0 Å². The summed E-state index contributed by atoms with van der Waals surface area (Å²) >= 11 is 18.9. The van der Waals surface area contributed by atoms with Gasteiger partial charge in [-0.2, -0.15) is 0 Å². The average Bonchev–Trinajstić information content (AvgIpc) is 2.27. The van der Waals surface area contributed by atoms with Crippen LogP contribution in [0.5, 0.6) is 0 Å². The zero-order chi connectivity index (χ0) is 11.5. The van der Waals surface area contributed by atoms with Crippen LogP contribution in [0.4, 0.5) is 0 Å². The second-order valence-electron chi connectivity index (χ2n) is 2.71. The second kappa shape index (κ2) is 5.19. The molecular weight excluding hydrogens is 289 g/mol. The normalized spacial score (nSPS) is 10.4. The Morgan fingerprint density at radius 1 is 1.12 bits per heavy atom. The lowest BCUT2D eigenvalue weighted by molar-refractivity contribution is 0.996. The number of nitrogens with zero attached hydrogens (tertiary/aromatic N) is 3. The summed E-state index contributed by atoms with van der Waals surface area (Å²) in [7, 11) is 0. The van der Waals surface area contributed by atoms with Gasteiger partial charge in [0, 0.05) is 6.20 Å². The number of pyridine rings is 1. The second-order valence-corrected chi connectivity index (χ2v) is 4.90. The van der Waals surface area contributed by atoms with Crippen LogP contribution in [0.1, 0.15) is 0 Å². The molecule has 0 amide bonds. The molecule has 2 heterocycles. The van der Waals surface area contributed by atoms with Gasteiger partial charge in [-0.3, -0.25) is 0 Å². The fraction of sp³-hybridized carbons (Fsp3) is 0. The number of halogens is 3. The van der Waals surface area contributed by atoms with Crippen molar-refractivity contribution in [3.8, 4) is 0 Å². The molecule has 0 aliphatic carbocycles. The highest BCUT2D eigenvalue weighted by Gasteiger charge is 2.09. The largest absolute Gasteiger partial charge is 0.248 e. The molecule has 2 aromatic heterocycles. The summed E-state index contributed by atoms with van der Waals surface area (Å²) in [5, 5.41) is 9.07. The summed E-state index contributed by atoms with van der Waals surface area (Å²) in [5.74, 6) is 0. The lowest BCUT2D eigenvalue weighted by atomic mass is 10.5. The molecule has 0 fully saturated rings. The van der Waals surface area contributed by atoms with Gasteiger partial charge in [0.25, 0.3) is 0 Å². The van der Waals surface area contributed by atoms with Crippen molar-refractivity contribution in [1.29, 1.82) is 0 Å². The van der Waals surface area contributed by atoms with Crippen molar-refractivity contribution in [2.45, 2.75) is 9.92 Å². The number of hydrogen-bond donors (Lipinski definition) is 0. The topological polar surface area (TPSA) is 38.7 Å². The molecule has 0 N–H and O–H groups in total. The van der Waals surface area contributed by atoms with Crippen LogP contribution < -0.4 is 0 Å². The molecule has 0 unspecified atom stereocenters. The van der Waals surface area contributed by atoms with Crippen LogP contribution in [0.25, 0.3) is 0 Å². The molecule has 0 saturated carbocycles. The summed E-state index contributed by atoms with van der Waals surface area (Å²) in [5.41, 5.74) is 0. The lowest BCUT2D eigenvalue weighted by Gasteiger charge is -2.03. The van der Waals surface area contributed by atoms with Crippen LogP contribution in [0.15, 0.2) is 34.3 Å². The Labute approximate surface area is 111 Å². The van der Waals surface area contributed by atoms with E-state index in [9.17, 15) is 0 Å². The van der Waals surface area contributed by atoms with E-state index in [0.29, 0.717) is 14.9 Å². The predicted octanol–water partition coefficient (Wildman–Crippen LogP) is 3.98. The van der Waals surface area contributed by atoms with E-state index >= 15 is 0 Å². The third kappa shape index (κ3) is 2.77. The van der Waals surface area contributed by atoms with Crippen molar-refractivity contribution in [3.63, 3.8) is 0 Å². The Bertz CT molecular complexity index is 521. The highest BCUT2D eigenvalue weighted by Crippen LogP contribution is 2.35. The van der Waals surface area contributed by atoms with Crippen LogP contribution in [0.3, 0.4) is 0 Å². The van der Waals surface area contributed by atoms with Crippen molar-refractivity contribution in [1.82, 2.24) is 15.2 Å². The molecule has 0 aliphatic heterocycles. The van der Waals surface area contributed by atoms with Gasteiger partial charge in [-0.1, -0.05) is 46.6 Å². The SMILES string of the molecule is Clc1cc(Sc2ncccc2Cl)c(Cl)nn1. The van der Waals surface area contributed by atoms with Gasteiger partial charge < -0.3 is 0 Å². The van der Waals surface area contributed by atoms with Crippen molar-refractivity contribution < 1.29 is 0 Å². The van der Waals surface area contributed by atoms with E-state index in [4.69, 9.17) is 34.8 Å². The molecule has 0 radical (unpaired) electrons. The van der Waals surface area contributed by atoms with Gasteiger partial charge in [0.05, 0.1) is 9.92 Å². The van der Waals surface area contributed by atoms with E-state index in [2.05, 4.69) is 15.2 Å². The maximum absolute atomic E-state index is 5.97. The summed E-state index contributed by atoms with van der Waals surface area (Å²) in [6.45, 7) is 0. The van der Waals surface area contributed by atoms with E-state index in [-0.39, 0.29) is 10.3 Å². The van der Waals surface area contributed by atoms with E-state index in [1.54, 1.807) is 24.4 Å². The van der Waals surface area contributed by atoms with Gasteiger partial charge in [-0.25, -0.2) is 4.98 Å². The molecule has 0 aliphatic rings.